The number of nitrogens with zero attached hydrogens (tertiary/aromatic N) is 2. The van der Waals surface area contributed by atoms with Gasteiger partial charge in [0.05, 0.1) is 6.54 Å². The maximum absolute atomic E-state index is 12.9. The molecule has 0 aliphatic rings. The Balaban J connectivity index is 2.09. The van der Waals surface area contributed by atoms with E-state index in [9.17, 15) is 9.18 Å². The number of hydrogen-bond acceptors (Lipinski definition) is 3. The van der Waals surface area contributed by atoms with E-state index < -0.39 is 5.95 Å². The molecule has 2 heterocycles. The van der Waals surface area contributed by atoms with Crippen molar-refractivity contribution in [3.63, 3.8) is 0 Å². The molecule has 0 N–H and O–H groups in total. The van der Waals surface area contributed by atoms with Crippen LogP contribution in [-0.2, 0) is 6.54 Å². The van der Waals surface area contributed by atoms with E-state index in [0.29, 0.717) is 17.0 Å². The van der Waals surface area contributed by atoms with Crippen molar-refractivity contribution in [2.24, 2.45) is 0 Å². The molecule has 18 heavy (non-hydrogen) atoms. The van der Waals surface area contributed by atoms with Crippen molar-refractivity contribution in [2.45, 2.75) is 6.54 Å². The van der Waals surface area contributed by atoms with Crippen LogP contribution in [0, 0.1) is 5.95 Å². The largest absolute Gasteiger partial charge is 0.452 e. The third-order valence-corrected chi connectivity index (χ3v) is 2.77. The summed E-state index contributed by atoms with van der Waals surface area (Å²) in [4.78, 5) is 16.8. The molecule has 6 heteroatoms. The summed E-state index contributed by atoms with van der Waals surface area (Å²) in [6.45, 7) is 0.314. The van der Waals surface area contributed by atoms with Gasteiger partial charge in [-0.3, -0.25) is 4.79 Å². The summed E-state index contributed by atoms with van der Waals surface area (Å²) in [7, 11) is 1.62. The maximum Gasteiger partial charge on any atom is 0.254 e. The molecule has 0 saturated heterocycles. The van der Waals surface area contributed by atoms with Crippen molar-refractivity contribution in [3.05, 3.63) is 52.4 Å². The molecule has 0 fully saturated rings. The van der Waals surface area contributed by atoms with Crippen LogP contribution in [0.25, 0.3) is 0 Å². The van der Waals surface area contributed by atoms with Crippen LogP contribution in [-0.4, -0.2) is 22.8 Å². The van der Waals surface area contributed by atoms with Gasteiger partial charge in [-0.2, -0.15) is 4.39 Å². The average molecular weight is 313 g/mol. The molecule has 2 aromatic heterocycles. The monoisotopic (exact) mass is 312 g/mol. The van der Waals surface area contributed by atoms with E-state index in [1.54, 1.807) is 19.2 Å². The van der Waals surface area contributed by atoms with E-state index in [1.165, 1.54) is 17.2 Å². The molecule has 4 nitrogen and oxygen atoms in total. The van der Waals surface area contributed by atoms with Crippen LogP contribution in [0.2, 0.25) is 0 Å². The molecule has 0 bridgehead atoms. The first-order valence-electron chi connectivity index (χ1n) is 5.17. The van der Waals surface area contributed by atoms with Gasteiger partial charge in [-0.1, -0.05) is 0 Å². The molecule has 0 aliphatic carbocycles. The first-order chi connectivity index (χ1) is 8.56. The summed E-state index contributed by atoms with van der Waals surface area (Å²) in [5, 5.41) is 0. The number of carbonyl (C=O) groups is 1. The predicted octanol–water partition coefficient (Wildman–Crippen LogP) is 2.85. The molecule has 0 saturated carbocycles. The highest BCUT2D eigenvalue weighted by molar-refractivity contribution is 9.10. The van der Waals surface area contributed by atoms with E-state index >= 15 is 0 Å². The lowest BCUT2D eigenvalue weighted by atomic mass is 10.2. The summed E-state index contributed by atoms with van der Waals surface area (Å²) in [6.07, 6.45) is 1.26. The van der Waals surface area contributed by atoms with Gasteiger partial charge < -0.3 is 9.32 Å². The number of furan rings is 1. The standard InChI is InChI=1S/C12H10BrFN2O2/c1-16(7-9-2-3-10(13)18-9)12(17)8-4-5-15-11(14)6-8/h2-6H,7H2,1H3. The first kappa shape index (κ1) is 12.8. The number of hydrogen-bond donors (Lipinski definition) is 0. The van der Waals surface area contributed by atoms with Crippen molar-refractivity contribution in [2.75, 3.05) is 7.05 Å². The van der Waals surface area contributed by atoms with Crippen molar-refractivity contribution in [1.82, 2.24) is 9.88 Å². The van der Waals surface area contributed by atoms with Crippen LogP contribution >= 0.6 is 15.9 Å². The van der Waals surface area contributed by atoms with Crippen LogP contribution in [0.3, 0.4) is 0 Å². The Morgan fingerprint density at radius 2 is 2.28 bits per heavy atom. The average Bonchev–Trinajstić information content (AvgIpc) is 2.73. The Bertz CT molecular complexity index is 571. The van der Waals surface area contributed by atoms with E-state index in [4.69, 9.17) is 4.42 Å². The lowest BCUT2D eigenvalue weighted by molar-refractivity contribution is 0.0774. The minimum atomic E-state index is -0.671. The molecular weight excluding hydrogens is 303 g/mol. The summed E-state index contributed by atoms with van der Waals surface area (Å²) >= 11 is 3.19. The zero-order valence-corrected chi connectivity index (χ0v) is 11.1. The summed E-state index contributed by atoms with van der Waals surface area (Å²) in [5.41, 5.74) is 0.260. The van der Waals surface area contributed by atoms with Crippen LogP contribution in [0.5, 0.6) is 0 Å². The number of aromatic nitrogens is 1. The SMILES string of the molecule is CN(Cc1ccc(Br)o1)C(=O)c1ccnc(F)c1. The fourth-order valence-electron chi connectivity index (χ4n) is 1.50. The van der Waals surface area contributed by atoms with Crippen molar-refractivity contribution in [1.29, 1.82) is 0 Å². The number of pyridine rings is 1. The highest BCUT2D eigenvalue weighted by Gasteiger charge is 2.14. The molecule has 0 aliphatic heterocycles. The number of carbonyl (C=O) groups excluding carboxylic acids is 1. The van der Waals surface area contributed by atoms with E-state index in [2.05, 4.69) is 20.9 Å². The van der Waals surface area contributed by atoms with Gasteiger partial charge in [0.1, 0.15) is 5.76 Å². The Morgan fingerprint density at radius 1 is 1.50 bits per heavy atom. The quantitative estimate of drug-likeness (QED) is 0.819. The number of amides is 1. The van der Waals surface area contributed by atoms with Crippen molar-refractivity contribution in [3.8, 4) is 0 Å². The van der Waals surface area contributed by atoms with Gasteiger partial charge in [-0.15, -0.1) is 0 Å². The zero-order valence-electron chi connectivity index (χ0n) is 9.56. The van der Waals surface area contributed by atoms with Gasteiger partial charge in [-0.25, -0.2) is 4.98 Å². The molecule has 1 amide bonds. The predicted molar refractivity (Wildman–Crippen MR) is 66.4 cm³/mol. The Labute approximate surface area is 112 Å². The van der Waals surface area contributed by atoms with E-state index in [0.717, 1.165) is 6.07 Å². The van der Waals surface area contributed by atoms with Crippen molar-refractivity contribution < 1.29 is 13.6 Å². The first-order valence-corrected chi connectivity index (χ1v) is 5.97. The molecule has 0 aromatic carbocycles. The highest BCUT2D eigenvalue weighted by atomic mass is 79.9. The molecule has 0 unspecified atom stereocenters. The fraction of sp³-hybridized carbons (Fsp3) is 0.167. The summed E-state index contributed by atoms with van der Waals surface area (Å²) in [5.74, 6) is -0.314. The second kappa shape index (κ2) is 5.30. The molecule has 94 valence electrons. The molecule has 2 rings (SSSR count). The van der Waals surface area contributed by atoms with Crippen molar-refractivity contribution >= 4 is 21.8 Å². The van der Waals surface area contributed by atoms with Gasteiger partial charge in [0.15, 0.2) is 4.67 Å². The summed E-state index contributed by atoms with van der Waals surface area (Å²) < 4.78 is 18.8. The van der Waals surface area contributed by atoms with Gasteiger partial charge in [0.2, 0.25) is 5.95 Å². The smallest absolute Gasteiger partial charge is 0.254 e. The topological polar surface area (TPSA) is 46.3 Å². The van der Waals surface area contributed by atoms with Gasteiger partial charge in [0.25, 0.3) is 5.91 Å². The maximum atomic E-state index is 12.9. The Hall–Kier alpha value is -1.69. The lowest BCUT2D eigenvalue weighted by Gasteiger charge is -2.15. The van der Waals surface area contributed by atoms with Crippen LogP contribution < -0.4 is 0 Å². The minimum Gasteiger partial charge on any atom is -0.452 e. The molecule has 0 spiro atoms. The fourth-order valence-corrected chi connectivity index (χ4v) is 1.84. The third kappa shape index (κ3) is 2.95. The third-order valence-electron chi connectivity index (χ3n) is 2.34. The normalized spacial score (nSPS) is 10.4. The highest BCUT2D eigenvalue weighted by Crippen LogP contribution is 2.16. The zero-order chi connectivity index (χ0) is 13.1. The van der Waals surface area contributed by atoms with Crippen LogP contribution in [0.1, 0.15) is 16.1 Å². The second-order valence-corrected chi connectivity index (χ2v) is 4.52. The Kier molecular flexibility index (Phi) is 3.76. The second-order valence-electron chi connectivity index (χ2n) is 3.73. The lowest BCUT2D eigenvalue weighted by Crippen LogP contribution is -2.26. The molecule has 0 radical (unpaired) electrons. The Morgan fingerprint density at radius 3 is 2.89 bits per heavy atom. The molecular formula is C12H10BrFN2O2. The van der Waals surface area contributed by atoms with Gasteiger partial charge >= 0.3 is 0 Å². The van der Waals surface area contributed by atoms with E-state index in [1.807, 2.05) is 0 Å². The van der Waals surface area contributed by atoms with E-state index in [-0.39, 0.29) is 11.5 Å². The number of halogens is 2. The molecule has 2 aromatic rings. The molecule has 0 atom stereocenters. The number of rotatable bonds is 3. The minimum absolute atomic E-state index is 0.260. The van der Waals surface area contributed by atoms with Gasteiger partial charge in [-0.05, 0) is 34.1 Å². The van der Waals surface area contributed by atoms with Gasteiger partial charge in [0, 0.05) is 24.9 Å². The van der Waals surface area contributed by atoms with Crippen LogP contribution in [0.15, 0.2) is 39.5 Å². The van der Waals surface area contributed by atoms with Crippen LogP contribution in [0.4, 0.5) is 4.39 Å². The summed E-state index contributed by atoms with van der Waals surface area (Å²) in [6, 6.07) is 6.09.